The largest absolute Gasteiger partial charge is 0.356 e. The summed E-state index contributed by atoms with van der Waals surface area (Å²) in [6.07, 6.45) is 3.65. The van der Waals surface area contributed by atoms with Crippen molar-refractivity contribution in [1.29, 1.82) is 0 Å². The Bertz CT molecular complexity index is 159. The molecule has 1 rings (SSSR count). The van der Waals surface area contributed by atoms with Gasteiger partial charge >= 0.3 is 0 Å². The zero-order valence-electron chi connectivity index (χ0n) is 7.68. The molecule has 0 aromatic rings. The van der Waals surface area contributed by atoms with Crippen molar-refractivity contribution in [2.75, 3.05) is 13.1 Å². The number of amides is 1. The smallest absolute Gasteiger partial charge is 0.216 e. The summed E-state index contributed by atoms with van der Waals surface area (Å²) in [4.78, 5) is 10.6. The van der Waals surface area contributed by atoms with Crippen LogP contribution in [0.3, 0.4) is 0 Å². The first-order valence-electron chi connectivity index (χ1n) is 4.67. The van der Waals surface area contributed by atoms with E-state index in [1.54, 1.807) is 6.92 Å². The molecule has 3 heteroatoms. The van der Waals surface area contributed by atoms with Crippen LogP contribution in [0, 0.1) is 11.8 Å². The van der Waals surface area contributed by atoms with Gasteiger partial charge in [-0.2, -0.15) is 0 Å². The van der Waals surface area contributed by atoms with Crippen LogP contribution in [0.1, 0.15) is 26.2 Å². The third-order valence-electron chi connectivity index (χ3n) is 2.62. The van der Waals surface area contributed by atoms with Crippen LogP contribution >= 0.6 is 0 Å². The molecule has 2 atom stereocenters. The summed E-state index contributed by atoms with van der Waals surface area (Å²) in [5.41, 5.74) is 5.56. The lowest BCUT2D eigenvalue weighted by molar-refractivity contribution is -0.119. The average molecular weight is 170 g/mol. The first kappa shape index (κ1) is 9.52. The highest BCUT2D eigenvalue weighted by atomic mass is 16.1. The summed E-state index contributed by atoms with van der Waals surface area (Å²) < 4.78 is 0. The summed E-state index contributed by atoms with van der Waals surface area (Å²) in [6, 6.07) is 0. The predicted octanol–water partition coefficient (Wildman–Crippen LogP) is 0.497. The van der Waals surface area contributed by atoms with Gasteiger partial charge < -0.3 is 11.1 Å². The van der Waals surface area contributed by atoms with Crippen molar-refractivity contribution >= 4 is 5.91 Å². The molecule has 3 N–H and O–H groups in total. The maximum Gasteiger partial charge on any atom is 0.216 e. The second-order valence-corrected chi connectivity index (χ2v) is 3.72. The average Bonchev–Trinajstić information content (AvgIpc) is 2.48. The first-order chi connectivity index (χ1) is 5.72. The minimum atomic E-state index is 0.0752. The van der Waals surface area contributed by atoms with Gasteiger partial charge in [0.05, 0.1) is 0 Å². The molecule has 0 saturated heterocycles. The van der Waals surface area contributed by atoms with Gasteiger partial charge in [-0.1, -0.05) is 0 Å². The van der Waals surface area contributed by atoms with Crippen molar-refractivity contribution in [2.45, 2.75) is 26.2 Å². The second kappa shape index (κ2) is 4.45. The number of carbonyl (C=O) groups excluding carboxylic acids is 1. The van der Waals surface area contributed by atoms with Crippen molar-refractivity contribution in [2.24, 2.45) is 17.6 Å². The third-order valence-corrected chi connectivity index (χ3v) is 2.62. The Morgan fingerprint density at radius 2 is 2.17 bits per heavy atom. The van der Waals surface area contributed by atoms with Gasteiger partial charge in [-0.25, -0.2) is 0 Å². The molecule has 0 bridgehead atoms. The van der Waals surface area contributed by atoms with Crippen LogP contribution in [0.5, 0.6) is 0 Å². The Labute approximate surface area is 73.7 Å². The Balaban J connectivity index is 2.15. The topological polar surface area (TPSA) is 55.1 Å². The van der Waals surface area contributed by atoms with Gasteiger partial charge in [-0.15, -0.1) is 0 Å². The van der Waals surface area contributed by atoms with Crippen LogP contribution in [0.15, 0.2) is 0 Å². The Hall–Kier alpha value is -0.570. The highest BCUT2D eigenvalue weighted by molar-refractivity contribution is 5.72. The van der Waals surface area contributed by atoms with Crippen LogP contribution in [0.2, 0.25) is 0 Å². The molecule has 0 aromatic heterocycles. The summed E-state index contributed by atoms with van der Waals surface area (Å²) in [5, 5.41) is 2.85. The zero-order valence-corrected chi connectivity index (χ0v) is 7.68. The van der Waals surface area contributed by atoms with E-state index in [1.165, 1.54) is 19.3 Å². The number of rotatable bonds is 3. The molecule has 1 aliphatic carbocycles. The van der Waals surface area contributed by atoms with E-state index in [9.17, 15) is 4.79 Å². The highest BCUT2D eigenvalue weighted by Gasteiger charge is 2.23. The molecule has 3 nitrogen and oxygen atoms in total. The van der Waals surface area contributed by atoms with Crippen LogP contribution in [-0.4, -0.2) is 19.0 Å². The molecule has 0 radical (unpaired) electrons. The Morgan fingerprint density at radius 1 is 1.50 bits per heavy atom. The molecule has 1 aliphatic rings. The van der Waals surface area contributed by atoms with Gasteiger partial charge in [0, 0.05) is 13.5 Å². The number of nitrogens with one attached hydrogen (secondary N) is 1. The minimum absolute atomic E-state index is 0.0752. The van der Waals surface area contributed by atoms with E-state index in [2.05, 4.69) is 5.32 Å². The van der Waals surface area contributed by atoms with Crippen molar-refractivity contribution < 1.29 is 4.79 Å². The normalized spacial score (nSPS) is 28.8. The summed E-state index contributed by atoms with van der Waals surface area (Å²) in [5.74, 6) is 1.44. The van der Waals surface area contributed by atoms with E-state index >= 15 is 0 Å². The fourth-order valence-electron chi connectivity index (χ4n) is 1.87. The molecular formula is C9H18N2O. The molecule has 0 unspecified atom stereocenters. The van der Waals surface area contributed by atoms with Crippen molar-refractivity contribution in [1.82, 2.24) is 5.32 Å². The summed E-state index contributed by atoms with van der Waals surface area (Å²) in [6.45, 7) is 3.21. The standard InChI is InChI=1S/C9H18N2O/c1-7(12)11-6-9-3-2-8(4-9)5-10/h8-9H,2-6,10H2,1H3,(H,11,12)/t8-,9+/m1/s1. The maximum atomic E-state index is 10.6. The maximum absolute atomic E-state index is 10.6. The fraction of sp³-hybridized carbons (Fsp3) is 0.889. The number of carbonyl (C=O) groups is 1. The molecule has 12 heavy (non-hydrogen) atoms. The molecule has 0 aliphatic heterocycles. The van der Waals surface area contributed by atoms with Crippen molar-refractivity contribution in [3.63, 3.8) is 0 Å². The molecular weight excluding hydrogens is 152 g/mol. The molecule has 1 amide bonds. The highest BCUT2D eigenvalue weighted by Crippen LogP contribution is 2.29. The SMILES string of the molecule is CC(=O)NC[C@H]1CC[C@@H](CN)C1. The lowest BCUT2D eigenvalue weighted by Gasteiger charge is -2.09. The number of nitrogens with two attached hydrogens (primary N) is 1. The minimum Gasteiger partial charge on any atom is -0.356 e. The quantitative estimate of drug-likeness (QED) is 0.648. The van der Waals surface area contributed by atoms with E-state index in [4.69, 9.17) is 5.73 Å². The van der Waals surface area contributed by atoms with Crippen LogP contribution in [0.4, 0.5) is 0 Å². The lowest BCUT2D eigenvalue weighted by atomic mass is 10.1. The lowest BCUT2D eigenvalue weighted by Crippen LogP contribution is -2.26. The van der Waals surface area contributed by atoms with E-state index in [1.807, 2.05) is 0 Å². The molecule has 0 heterocycles. The summed E-state index contributed by atoms with van der Waals surface area (Å²) >= 11 is 0. The molecule has 70 valence electrons. The van der Waals surface area contributed by atoms with E-state index in [-0.39, 0.29) is 5.91 Å². The Morgan fingerprint density at radius 3 is 2.67 bits per heavy atom. The van der Waals surface area contributed by atoms with Gasteiger partial charge in [0.25, 0.3) is 0 Å². The van der Waals surface area contributed by atoms with E-state index < -0.39 is 0 Å². The number of hydrogen-bond acceptors (Lipinski definition) is 2. The van der Waals surface area contributed by atoms with Gasteiger partial charge in [0.15, 0.2) is 0 Å². The van der Waals surface area contributed by atoms with E-state index in [0.717, 1.165) is 13.1 Å². The van der Waals surface area contributed by atoms with E-state index in [0.29, 0.717) is 11.8 Å². The molecule has 0 spiro atoms. The zero-order chi connectivity index (χ0) is 8.97. The molecule has 0 aromatic carbocycles. The van der Waals surface area contributed by atoms with Crippen LogP contribution in [0.25, 0.3) is 0 Å². The van der Waals surface area contributed by atoms with Crippen molar-refractivity contribution in [3.05, 3.63) is 0 Å². The Kier molecular flexibility index (Phi) is 3.53. The second-order valence-electron chi connectivity index (χ2n) is 3.72. The van der Waals surface area contributed by atoms with Gasteiger partial charge in [0.2, 0.25) is 5.91 Å². The first-order valence-corrected chi connectivity index (χ1v) is 4.67. The van der Waals surface area contributed by atoms with Crippen LogP contribution < -0.4 is 11.1 Å². The molecule has 1 fully saturated rings. The monoisotopic (exact) mass is 170 g/mol. The van der Waals surface area contributed by atoms with Crippen molar-refractivity contribution in [3.8, 4) is 0 Å². The van der Waals surface area contributed by atoms with Crippen LogP contribution in [-0.2, 0) is 4.79 Å². The summed E-state index contributed by atoms with van der Waals surface area (Å²) in [7, 11) is 0. The fourth-order valence-corrected chi connectivity index (χ4v) is 1.87. The van der Waals surface area contributed by atoms with Gasteiger partial charge in [-0.05, 0) is 37.6 Å². The van der Waals surface area contributed by atoms with Gasteiger partial charge in [-0.3, -0.25) is 4.79 Å². The molecule has 1 saturated carbocycles. The third kappa shape index (κ3) is 2.81. The predicted molar refractivity (Wildman–Crippen MR) is 48.6 cm³/mol. The number of hydrogen-bond donors (Lipinski definition) is 2. The van der Waals surface area contributed by atoms with Gasteiger partial charge in [0.1, 0.15) is 0 Å².